The summed E-state index contributed by atoms with van der Waals surface area (Å²) in [5, 5.41) is 23.7. The van der Waals surface area contributed by atoms with Gasteiger partial charge in [-0.3, -0.25) is 9.59 Å². The molecule has 3 N–H and O–H groups in total. The number of aliphatic hydroxyl groups excluding tert-OH is 2. The van der Waals surface area contributed by atoms with Crippen molar-refractivity contribution in [2.45, 2.75) is 251 Å². The van der Waals surface area contributed by atoms with Gasteiger partial charge in [0.25, 0.3) is 0 Å². The number of hydrogen-bond donors (Lipinski definition) is 3. The number of allylic oxidation sites excluding steroid dienone is 12. The van der Waals surface area contributed by atoms with Gasteiger partial charge in [-0.1, -0.05) is 209 Å². The van der Waals surface area contributed by atoms with E-state index in [-0.39, 0.29) is 24.9 Å². The largest absolute Gasteiger partial charge is 0.462 e. The van der Waals surface area contributed by atoms with E-state index in [1.165, 1.54) is 96.3 Å². The summed E-state index contributed by atoms with van der Waals surface area (Å²) < 4.78 is 5.89. The average molecular weight is 838 g/mol. The van der Waals surface area contributed by atoms with E-state index in [9.17, 15) is 19.8 Å². The molecule has 0 aromatic rings. The van der Waals surface area contributed by atoms with Crippen molar-refractivity contribution in [1.29, 1.82) is 0 Å². The first-order valence-corrected chi connectivity index (χ1v) is 25.2. The molecule has 0 aliphatic rings. The van der Waals surface area contributed by atoms with Crippen LogP contribution in [0.2, 0.25) is 0 Å². The number of unbranched alkanes of at least 4 members (excludes halogenated alkanes) is 21. The molecule has 0 aliphatic heterocycles. The Morgan fingerprint density at radius 1 is 0.517 bits per heavy atom. The maximum absolute atomic E-state index is 13.2. The summed E-state index contributed by atoms with van der Waals surface area (Å²) in [5.74, 6) is -0.561. The van der Waals surface area contributed by atoms with E-state index in [4.69, 9.17) is 4.74 Å². The molecule has 0 aromatic carbocycles. The molecule has 0 bridgehead atoms. The highest BCUT2D eigenvalue weighted by Crippen LogP contribution is 2.16. The number of amides is 1. The minimum Gasteiger partial charge on any atom is -0.462 e. The summed E-state index contributed by atoms with van der Waals surface area (Å²) in [6.45, 7) is 6.33. The zero-order valence-corrected chi connectivity index (χ0v) is 39.3. The molecule has 0 aromatic heterocycles. The third-order valence-electron chi connectivity index (χ3n) is 11.0. The van der Waals surface area contributed by atoms with Gasteiger partial charge < -0.3 is 20.3 Å². The fourth-order valence-corrected chi connectivity index (χ4v) is 7.24. The third kappa shape index (κ3) is 42.0. The Morgan fingerprint density at radius 3 is 1.50 bits per heavy atom. The van der Waals surface area contributed by atoms with Crippen LogP contribution >= 0.6 is 0 Å². The minimum atomic E-state index is -0.806. The molecule has 0 rings (SSSR count). The molecule has 0 heterocycles. The smallest absolute Gasteiger partial charge is 0.306 e. The van der Waals surface area contributed by atoms with Gasteiger partial charge in [-0.15, -0.1) is 0 Å². The lowest BCUT2D eigenvalue weighted by Crippen LogP contribution is -2.46. The van der Waals surface area contributed by atoms with Gasteiger partial charge in [-0.05, 0) is 83.5 Å². The monoisotopic (exact) mass is 838 g/mol. The zero-order chi connectivity index (χ0) is 43.8. The molecule has 0 aliphatic carbocycles. The number of esters is 1. The maximum atomic E-state index is 13.2. The summed E-state index contributed by atoms with van der Waals surface area (Å²) in [6, 6.07) is -0.724. The van der Waals surface area contributed by atoms with Gasteiger partial charge in [0.2, 0.25) is 5.91 Å². The van der Waals surface area contributed by atoms with Crippen molar-refractivity contribution in [2.24, 2.45) is 0 Å². The first kappa shape index (κ1) is 57.3. The molecule has 0 spiro atoms. The van der Waals surface area contributed by atoms with Gasteiger partial charge in [0.1, 0.15) is 6.10 Å². The number of nitrogens with one attached hydrogen (secondary N) is 1. The fourth-order valence-electron chi connectivity index (χ4n) is 7.24. The molecule has 0 saturated heterocycles. The second-order valence-corrected chi connectivity index (χ2v) is 16.9. The maximum Gasteiger partial charge on any atom is 0.306 e. The van der Waals surface area contributed by atoms with Crippen LogP contribution in [-0.4, -0.2) is 46.9 Å². The first-order valence-electron chi connectivity index (χ1n) is 25.2. The second kappa shape index (κ2) is 47.4. The van der Waals surface area contributed by atoms with E-state index < -0.39 is 18.2 Å². The fraction of sp³-hybridized carbons (Fsp3) is 0.741. The van der Waals surface area contributed by atoms with Gasteiger partial charge in [0, 0.05) is 6.42 Å². The van der Waals surface area contributed by atoms with Crippen molar-refractivity contribution < 1.29 is 24.5 Å². The van der Waals surface area contributed by atoms with Crippen LogP contribution in [0, 0.1) is 0 Å². The lowest BCUT2D eigenvalue weighted by atomic mass is 10.0. The quantitative estimate of drug-likeness (QED) is 0.0246. The molecule has 6 heteroatoms. The summed E-state index contributed by atoms with van der Waals surface area (Å²) in [4.78, 5) is 26.1. The number of aliphatic hydroxyl groups is 2. The SMILES string of the molecule is CC/C=C/C/C=C/C/C=C/C/C=C/CCCCCC(=O)OC(CCC/C=C/C=C/CCCCCCCCC)CC(=O)NC(CO)C(O)CCCCCCCCCCCCC. The van der Waals surface area contributed by atoms with Crippen molar-refractivity contribution in [1.82, 2.24) is 5.32 Å². The Balaban J connectivity index is 4.72. The van der Waals surface area contributed by atoms with Crippen molar-refractivity contribution in [2.75, 3.05) is 6.61 Å². The van der Waals surface area contributed by atoms with E-state index in [0.29, 0.717) is 19.3 Å². The van der Waals surface area contributed by atoms with Crippen LogP contribution in [0.3, 0.4) is 0 Å². The van der Waals surface area contributed by atoms with Crippen LogP contribution in [0.15, 0.2) is 72.9 Å². The Labute approximate surface area is 371 Å². The van der Waals surface area contributed by atoms with Crippen LogP contribution in [-0.2, 0) is 14.3 Å². The lowest BCUT2D eigenvalue weighted by molar-refractivity contribution is -0.151. The molecule has 3 atom stereocenters. The standard InChI is InChI=1S/C54H95NO5/c1-4-7-10-13-16-19-22-24-26-27-29-32-35-38-41-44-47-54(59)60-50(45-42-39-36-33-31-28-25-23-20-17-14-11-8-5-2)48-53(58)55-51(49-56)52(57)46-43-40-37-34-30-21-18-15-12-9-6-3/h7,10,16,19,24,26,28-29,31-33,36,50-52,56-57H,4-6,8-9,11-15,17-18,20-23,25,27,30,34-35,37-49H2,1-3H3,(H,55,58)/b10-7+,19-16+,26-24+,31-28+,32-29+,36-33+. The topological polar surface area (TPSA) is 95.9 Å². The third-order valence-corrected chi connectivity index (χ3v) is 11.0. The number of hydrogen-bond acceptors (Lipinski definition) is 5. The first-order chi connectivity index (χ1) is 29.5. The molecule has 3 unspecified atom stereocenters. The van der Waals surface area contributed by atoms with Crippen LogP contribution in [0.4, 0.5) is 0 Å². The Kier molecular flexibility index (Phi) is 45.2. The van der Waals surface area contributed by atoms with E-state index >= 15 is 0 Å². The average Bonchev–Trinajstić information content (AvgIpc) is 3.24. The number of carbonyl (C=O) groups is 2. The summed E-state index contributed by atoms with van der Waals surface area (Å²) in [5.41, 5.74) is 0. The Bertz CT molecular complexity index is 1120. The molecule has 0 saturated carbocycles. The minimum absolute atomic E-state index is 0.0291. The van der Waals surface area contributed by atoms with Gasteiger partial charge in [-0.25, -0.2) is 0 Å². The van der Waals surface area contributed by atoms with Gasteiger partial charge in [-0.2, -0.15) is 0 Å². The number of rotatable bonds is 44. The Hall–Kier alpha value is -2.70. The summed E-state index contributed by atoms with van der Waals surface area (Å²) in [7, 11) is 0. The van der Waals surface area contributed by atoms with Crippen molar-refractivity contribution >= 4 is 11.9 Å². The normalized spacial score (nSPS) is 13.9. The molecule has 0 radical (unpaired) electrons. The van der Waals surface area contributed by atoms with Crippen LogP contribution < -0.4 is 5.32 Å². The highest BCUT2D eigenvalue weighted by atomic mass is 16.5. The van der Waals surface area contributed by atoms with Crippen molar-refractivity contribution in [3.8, 4) is 0 Å². The number of ether oxygens (including phenoxy) is 1. The summed E-state index contributed by atoms with van der Waals surface area (Å²) in [6.07, 6.45) is 59.6. The van der Waals surface area contributed by atoms with Crippen molar-refractivity contribution in [3.63, 3.8) is 0 Å². The highest BCUT2D eigenvalue weighted by molar-refractivity contribution is 5.77. The highest BCUT2D eigenvalue weighted by Gasteiger charge is 2.24. The Morgan fingerprint density at radius 2 is 0.967 bits per heavy atom. The van der Waals surface area contributed by atoms with Crippen molar-refractivity contribution in [3.05, 3.63) is 72.9 Å². The molecular formula is C54H95NO5. The van der Waals surface area contributed by atoms with E-state index in [0.717, 1.165) is 89.9 Å². The molecule has 346 valence electrons. The molecule has 60 heavy (non-hydrogen) atoms. The lowest BCUT2D eigenvalue weighted by Gasteiger charge is -2.24. The van der Waals surface area contributed by atoms with Gasteiger partial charge >= 0.3 is 5.97 Å². The van der Waals surface area contributed by atoms with Crippen LogP contribution in [0.5, 0.6) is 0 Å². The molecule has 6 nitrogen and oxygen atoms in total. The molecular weight excluding hydrogens is 743 g/mol. The predicted octanol–water partition coefficient (Wildman–Crippen LogP) is 15.0. The second-order valence-electron chi connectivity index (χ2n) is 16.9. The molecule has 1 amide bonds. The van der Waals surface area contributed by atoms with E-state index in [2.05, 4.69) is 99.0 Å². The van der Waals surface area contributed by atoms with Gasteiger partial charge in [0.15, 0.2) is 0 Å². The zero-order valence-electron chi connectivity index (χ0n) is 39.3. The number of carbonyl (C=O) groups excluding carboxylic acids is 2. The van der Waals surface area contributed by atoms with E-state index in [1.807, 2.05) is 0 Å². The van der Waals surface area contributed by atoms with E-state index in [1.54, 1.807) is 0 Å². The molecule has 0 fully saturated rings. The van der Waals surface area contributed by atoms with Crippen LogP contribution in [0.25, 0.3) is 0 Å². The summed E-state index contributed by atoms with van der Waals surface area (Å²) >= 11 is 0. The predicted molar refractivity (Wildman–Crippen MR) is 259 cm³/mol. The van der Waals surface area contributed by atoms with Crippen LogP contribution in [0.1, 0.15) is 233 Å². The van der Waals surface area contributed by atoms with Gasteiger partial charge in [0.05, 0.1) is 25.2 Å².